The maximum atomic E-state index is 12.1. The molecule has 0 aromatic carbocycles. The highest BCUT2D eigenvalue weighted by Crippen LogP contribution is 2.18. The molecular formula is C12H19N3O2S. The zero-order valence-corrected chi connectivity index (χ0v) is 11.3. The van der Waals surface area contributed by atoms with Crippen LogP contribution in [0, 0.1) is 5.92 Å². The van der Waals surface area contributed by atoms with E-state index in [1.165, 1.54) is 4.31 Å². The molecule has 2 atom stereocenters. The largest absolute Gasteiger partial charge is 0.326 e. The first kappa shape index (κ1) is 13.5. The average molecular weight is 269 g/mol. The van der Waals surface area contributed by atoms with Crippen LogP contribution < -0.4 is 5.73 Å². The molecule has 2 rings (SSSR count). The molecule has 18 heavy (non-hydrogen) atoms. The highest BCUT2D eigenvalue weighted by atomic mass is 32.2. The Morgan fingerprint density at radius 3 is 2.78 bits per heavy atom. The minimum Gasteiger partial charge on any atom is -0.326 e. The summed E-state index contributed by atoms with van der Waals surface area (Å²) in [6, 6.07) is 5.48. The zero-order valence-electron chi connectivity index (χ0n) is 10.5. The van der Waals surface area contributed by atoms with E-state index in [9.17, 15) is 8.42 Å². The van der Waals surface area contributed by atoms with Gasteiger partial charge in [-0.1, -0.05) is 13.0 Å². The van der Waals surface area contributed by atoms with E-state index >= 15 is 0 Å². The number of hydrogen-bond donors (Lipinski definition) is 1. The Kier molecular flexibility index (Phi) is 3.99. The average Bonchev–Trinajstić information content (AvgIpc) is 2.70. The molecule has 6 heteroatoms. The van der Waals surface area contributed by atoms with Gasteiger partial charge in [0.15, 0.2) is 0 Å². The topological polar surface area (TPSA) is 76.3 Å². The van der Waals surface area contributed by atoms with Crippen molar-refractivity contribution >= 4 is 10.0 Å². The molecule has 0 radical (unpaired) electrons. The third-order valence-electron chi connectivity index (χ3n) is 3.37. The number of nitrogens with two attached hydrogens (primary N) is 1. The Bertz CT molecular complexity index is 479. The van der Waals surface area contributed by atoms with Crippen LogP contribution in [0.3, 0.4) is 0 Å². The van der Waals surface area contributed by atoms with Crippen LogP contribution in [-0.2, 0) is 16.4 Å². The van der Waals surface area contributed by atoms with Gasteiger partial charge in [0.1, 0.15) is 0 Å². The molecule has 1 saturated heterocycles. The second-order valence-electron chi connectivity index (χ2n) is 4.85. The molecule has 1 aromatic rings. The highest BCUT2D eigenvalue weighted by Gasteiger charge is 2.33. The lowest BCUT2D eigenvalue weighted by Gasteiger charge is -2.15. The van der Waals surface area contributed by atoms with Crippen LogP contribution in [0.5, 0.6) is 0 Å². The Labute approximate surface area is 108 Å². The molecule has 5 nitrogen and oxygen atoms in total. The molecule has 0 amide bonds. The SMILES string of the molecule is CC1CN(S(=O)(=O)CCc2ccccn2)CC1N. The van der Waals surface area contributed by atoms with Crippen LogP contribution in [-0.4, -0.2) is 42.6 Å². The van der Waals surface area contributed by atoms with Crippen molar-refractivity contribution in [1.82, 2.24) is 9.29 Å². The van der Waals surface area contributed by atoms with Gasteiger partial charge in [-0.2, -0.15) is 0 Å². The van der Waals surface area contributed by atoms with E-state index in [0.717, 1.165) is 5.69 Å². The lowest BCUT2D eigenvalue weighted by molar-refractivity contribution is 0.464. The molecule has 0 saturated carbocycles. The summed E-state index contributed by atoms with van der Waals surface area (Å²) in [5, 5.41) is 0. The first-order valence-electron chi connectivity index (χ1n) is 6.12. The van der Waals surface area contributed by atoms with Gasteiger partial charge >= 0.3 is 0 Å². The standard InChI is InChI=1S/C12H19N3O2S/c1-10-8-15(9-12(10)13)18(16,17)7-5-11-4-2-3-6-14-11/h2-4,6,10,12H,5,7-9,13H2,1H3. The predicted molar refractivity (Wildman–Crippen MR) is 70.4 cm³/mol. The fourth-order valence-electron chi connectivity index (χ4n) is 2.08. The molecule has 1 aromatic heterocycles. The summed E-state index contributed by atoms with van der Waals surface area (Å²) < 4.78 is 25.8. The summed E-state index contributed by atoms with van der Waals surface area (Å²) in [5.41, 5.74) is 6.66. The monoisotopic (exact) mass is 269 g/mol. The van der Waals surface area contributed by atoms with E-state index < -0.39 is 10.0 Å². The fraction of sp³-hybridized carbons (Fsp3) is 0.583. The quantitative estimate of drug-likeness (QED) is 0.849. The van der Waals surface area contributed by atoms with Crippen molar-refractivity contribution < 1.29 is 8.42 Å². The molecule has 1 aliphatic heterocycles. The van der Waals surface area contributed by atoms with Crippen LogP contribution in [0.1, 0.15) is 12.6 Å². The molecule has 100 valence electrons. The molecule has 1 aliphatic rings. The Hall–Kier alpha value is -0.980. The van der Waals surface area contributed by atoms with E-state index in [1.54, 1.807) is 6.20 Å². The number of sulfonamides is 1. The van der Waals surface area contributed by atoms with Gasteiger partial charge in [0.2, 0.25) is 10.0 Å². The van der Waals surface area contributed by atoms with Crippen molar-refractivity contribution in [3.8, 4) is 0 Å². The van der Waals surface area contributed by atoms with Gasteiger partial charge in [-0.15, -0.1) is 0 Å². The molecule has 2 N–H and O–H groups in total. The van der Waals surface area contributed by atoms with Gasteiger partial charge in [0.05, 0.1) is 5.75 Å². The van der Waals surface area contributed by atoms with Crippen molar-refractivity contribution in [3.63, 3.8) is 0 Å². The van der Waals surface area contributed by atoms with Crippen molar-refractivity contribution in [2.75, 3.05) is 18.8 Å². The summed E-state index contributed by atoms with van der Waals surface area (Å²) in [6.45, 7) is 2.95. The minimum absolute atomic E-state index is 0.0466. The molecule has 0 bridgehead atoms. The molecule has 0 spiro atoms. The Morgan fingerprint density at radius 1 is 1.44 bits per heavy atom. The predicted octanol–water partition coefficient (Wildman–Crippen LogP) is 0.233. The van der Waals surface area contributed by atoms with E-state index in [1.807, 2.05) is 25.1 Å². The number of pyridine rings is 1. The molecular weight excluding hydrogens is 250 g/mol. The van der Waals surface area contributed by atoms with Gasteiger partial charge in [0, 0.05) is 37.4 Å². The maximum Gasteiger partial charge on any atom is 0.214 e. The smallest absolute Gasteiger partial charge is 0.214 e. The van der Waals surface area contributed by atoms with Crippen molar-refractivity contribution in [2.24, 2.45) is 11.7 Å². The van der Waals surface area contributed by atoms with Gasteiger partial charge in [-0.05, 0) is 18.1 Å². The second kappa shape index (κ2) is 5.34. The van der Waals surface area contributed by atoms with Gasteiger partial charge in [0.25, 0.3) is 0 Å². The van der Waals surface area contributed by atoms with Crippen molar-refractivity contribution in [1.29, 1.82) is 0 Å². The second-order valence-corrected chi connectivity index (χ2v) is 6.93. The number of rotatable bonds is 4. The van der Waals surface area contributed by atoms with Crippen LogP contribution >= 0.6 is 0 Å². The van der Waals surface area contributed by atoms with Gasteiger partial charge < -0.3 is 5.73 Å². The van der Waals surface area contributed by atoms with Crippen LogP contribution in [0.2, 0.25) is 0 Å². The number of aryl methyl sites for hydroxylation is 1. The molecule has 1 fully saturated rings. The van der Waals surface area contributed by atoms with Crippen LogP contribution in [0.25, 0.3) is 0 Å². The highest BCUT2D eigenvalue weighted by molar-refractivity contribution is 7.89. The van der Waals surface area contributed by atoms with Gasteiger partial charge in [-0.25, -0.2) is 12.7 Å². The summed E-state index contributed by atoms with van der Waals surface area (Å²) in [7, 11) is -3.21. The molecule has 0 aliphatic carbocycles. The normalized spacial score (nSPS) is 25.4. The van der Waals surface area contributed by atoms with Crippen molar-refractivity contribution in [3.05, 3.63) is 30.1 Å². The van der Waals surface area contributed by atoms with E-state index in [4.69, 9.17) is 5.73 Å². The van der Waals surface area contributed by atoms with Crippen molar-refractivity contribution in [2.45, 2.75) is 19.4 Å². The van der Waals surface area contributed by atoms with Crippen LogP contribution in [0.15, 0.2) is 24.4 Å². The van der Waals surface area contributed by atoms with E-state index in [-0.39, 0.29) is 17.7 Å². The molecule has 2 heterocycles. The summed E-state index contributed by atoms with van der Waals surface area (Å²) in [4.78, 5) is 4.13. The number of aromatic nitrogens is 1. The zero-order chi connectivity index (χ0) is 13.2. The first-order valence-corrected chi connectivity index (χ1v) is 7.73. The summed E-state index contributed by atoms with van der Waals surface area (Å²) in [5.74, 6) is 0.332. The lowest BCUT2D eigenvalue weighted by Crippen LogP contribution is -2.34. The Morgan fingerprint density at radius 2 is 2.22 bits per heavy atom. The van der Waals surface area contributed by atoms with E-state index in [2.05, 4.69) is 4.98 Å². The lowest BCUT2D eigenvalue weighted by atomic mass is 10.1. The first-order chi connectivity index (χ1) is 8.49. The van der Waals surface area contributed by atoms with E-state index in [0.29, 0.717) is 19.5 Å². The summed E-state index contributed by atoms with van der Waals surface area (Å²) in [6.07, 6.45) is 2.12. The number of nitrogens with zero attached hydrogens (tertiary/aromatic N) is 2. The fourth-order valence-corrected chi connectivity index (χ4v) is 3.67. The molecule has 2 unspecified atom stereocenters. The maximum absolute atomic E-state index is 12.1. The summed E-state index contributed by atoms with van der Waals surface area (Å²) >= 11 is 0. The third-order valence-corrected chi connectivity index (χ3v) is 5.18. The minimum atomic E-state index is -3.21. The van der Waals surface area contributed by atoms with Gasteiger partial charge in [-0.3, -0.25) is 4.98 Å². The third kappa shape index (κ3) is 3.07. The van der Waals surface area contributed by atoms with Crippen LogP contribution in [0.4, 0.5) is 0 Å². The Balaban J connectivity index is 1.96. The number of hydrogen-bond acceptors (Lipinski definition) is 4.